The summed E-state index contributed by atoms with van der Waals surface area (Å²) >= 11 is 0. The number of allylic oxidation sites excluding steroid dienone is 1. The monoisotopic (exact) mass is 296 g/mol. The number of aromatic nitrogens is 2. The number of nitrogens with zero attached hydrogens (tertiary/aromatic N) is 2. The average molecular weight is 296 g/mol. The highest BCUT2D eigenvalue weighted by Crippen LogP contribution is 2.17. The Kier molecular flexibility index (Phi) is 7.08. The molecule has 0 fully saturated rings. The fraction of sp³-hybridized carbons (Fsp3) is 0.500. The fourth-order valence-corrected chi connectivity index (χ4v) is 2.60. The molecule has 0 N–H and O–H groups in total. The van der Waals surface area contributed by atoms with Crippen LogP contribution in [0.25, 0.3) is 17.1 Å². The SMILES string of the molecule is CCCC/C=C/c1nc2ccccc2nc1CCCCCC. The van der Waals surface area contributed by atoms with Crippen LogP contribution >= 0.6 is 0 Å². The molecular weight excluding hydrogens is 268 g/mol. The first-order chi connectivity index (χ1) is 10.8. The van der Waals surface area contributed by atoms with Crippen molar-refractivity contribution < 1.29 is 0 Å². The molecule has 22 heavy (non-hydrogen) atoms. The summed E-state index contributed by atoms with van der Waals surface area (Å²) in [5.41, 5.74) is 4.22. The van der Waals surface area contributed by atoms with Crippen LogP contribution in [0.4, 0.5) is 0 Å². The van der Waals surface area contributed by atoms with Gasteiger partial charge in [0, 0.05) is 0 Å². The highest BCUT2D eigenvalue weighted by molar-refractivity contribution is 5.75. The van der Waals surface area contributed by atoms with Gasteiger partial charge in [-0.05, 0) is 37.5 Å². The standard InChI is InChI=1S/C20H28N2/c1-3-5-7-9-13-17-18(14-10-8-6-4-2)22-20-16-12-11-15-19(20)21-17/h9,11-13,15-16H,3-8,10,14H2,1-2H3/b13-9+. The first-order valence-corrected chi connectivity index (χ1v) is 8.77. The lowest BCUT2D eigenvalue weighted by atomic mass is 10.1. The lowest BCUT2D eigenvalue weighted by Crippen LogP contribution is -1.99. The Bertz CT molecular complexity index is 602. The normalized spacial score (nSPS) is 11.5. The molecule has 2 nitrogen and oxygen atoms in total. The van der Waals surface area contributed by atoms with Crippen molar-refractivity contribution in [1.29, 1.82) is 0 Å². The van der Waals surface area contributed by atoms with Crippen molar-refractivity contribution >= 4 is 17.1 Å². The van der Waals surface area contributed by atoms with Gasteiger partial charge < -0.3 is 0 Å². The van der Waals surface area contributed by atoms with Crippen LogP contribution in [0.1, 0.15) is 70.2 Å². The second-order valence-corrected chi connectivity index (χ2v) is 5.90. The molecule has 0 spiro atoms. The molecule has 0 saturated carbocycles. The first kappa shape index (κ1) is 16.7. The Morgan fingerprint density at radius 1 is 0.864 bits per heavy atom. The zero-order valence-corrected chi connectivity index (χ0v) is 14.0. The lowest BCUT2D eigenvalue weighted by molar-refractivity contribution is 0.660. The summed E-state index contributed by atoms with van der Waals surface area (Å²) in [4.78, 5) is 9.68. The number of unbranched alkanes of at least 4 members (excludes halogenated alkanes) is 5. The van der Waals surface area contributed by atoms with E-state index in [1.165, 1.54) is 38.5 Å². The van der Waals surface area contributed by atoms with Crippen molar-refractivity contribution in [3.05, 3.63) is 41.7 Å². The molecule has 118 valence electrons. The minimum atomic E-state index is 0.995. The topological polar surface area (TPSA) is 25.8 Å². The van der Waals surface area contributed by atoms with Gasteiger partial charge in [0.2, 0.25) is 0 Å². The zero-order valence-electron chi connectivity index (χ0n) is 14.0. The van der Waals surface area contributed by atoms with Crippen LogP contribution < -0.4 is 0 Å². The molecule has 1 aromatic heterocycles. The van der Waals surface area contributed by atoms with Gasteiger partial charge >= 0.3 is 0 Å². The van der Waals surface area contributed by atoms with Crippen molar-refractivity contribution in [2.45, 2.75) is 65.2 Å². The number of aryl methyl sites for hydroxylation is 1. The van der Waals surface area contributed by atoms with Crippen LogP contribution in [-0.2, 0) is 6.42 Å². The largest absolute Gasteiger partial charge is 0.249 e. The highest BCUT2D eigenvalue weighted by atomic mass is 14.8. The maximum absolute atomic E-state index is 4.86. The summed E-state index contributed by atoms with van der Waals surface area (Å²) in [7, 11) is 0. The summed E-state index contributed by atoms with van der Waals surface area (Å²) in [5, 5.41) is 0. The van der Waals surface area contributed by atoms with Gasteiger partial charge in [0.1, 0.15) is 0 Å². The molecule has 0 aliphatic carbocycles. The number of rotatable bonds is 9. The molecule has 0 bridgehead atoms. The Hall–Kier alpha value is -1.70. The highest BCUT2D eigenvalue weighted by Gasteiger charge is 2.06. The van der Waals surface area contributed by atoms with E-state index in [0.29, 0.717) is 0 Å². The van der Waals surface area contributed by atoms with Gasteiger partial charge in [0.15, 0.2) is 0 Å². The van der Waals surface area contributed by atoms with Gasteiger partial charge in [-0.25, -0.2) is 9.97 Å². The van der Waals surface area contributed by atoms with E-state index in [4.69, 9.17) is 9.97 Å². The van der Waals surface area contributed by atoms with Gasteiger partial charge in [0.25, 0.3) is 0 Å². The Morgan fingerprint density at radius 3 is 2.32 bits per heavy atom. The predicted molar refractivity (Wildman–Crippen MR) is 95.9 cm³/mol. The van der Waals surface area contributed by atoms with E-state index in [1.54, 1.807) is 0 Å². The van der Waals surface area contributed by atoms with E-state index >= 15 is 0 Å². The maximum Gasteiger partial charge on any atom is 0.0894 e. The van der Waals surface area contributed by atoms with Crippen molar-refractivity contribution in [3.63, 3.8) is 0 Å². The van der Waals surface area contributed by atoms with Crippen LogP contribution in [-0.4, -0.2) is 9.97 Å². The predicted octanol–water partition coefficient (Wildman–Crippen LogP) is 5.96. The molecule has 0 radical (unpaired) electrons. The second-order valence-electron chi connectivity index (χ2n) is 5.90. The number of hydrogen-bond acceptors (Lipinski definition) is 2. The summed E-state index contributed by atoms with van der Waals surface area (Å²) in [6.45, 7) is 4.47. The van der Waals surface area contributed by atoms with E-state index in [2.05, 4.69) is 32.1 Å². The molecule has 1 heterocycles. The van der Waals surface area contributed by atoms with Crippen molar-refractivity contribution in [2.24, 2.45) is 0 Å². The van der Waals surface area contributed by atoms with Gasteiger partial charge in [-0.15, -0.1) is 0 Å². The van der Waals surface area contributed by atoms with Gasteiger partial charge in [-0.1, -0.05) is 64.2 Å². The van der Waals surface area contributed by atoms with Crippen molar-refractivity contribution in [3.8, 4) is 0 Å². The number of hydrogen-bond donors (Lipinski definition) is 0. The van der Waals surface area contributed by atoms with Crippen molar-refractivity contribution in [2.75, 3.05) is 0 Å². The molecule has 0 aliphatic heterocycles. The van der Waals surface area contributed by atoms with Crippen molar-refractivity contribution in [1.82, 2.24) is 9.97 Å². The molecule has 0 amide bonds. The zero-order chi connectivity index (χ0) is 15.6. The summed E-state index contributed by atoms with van der Waals surface area (Å²) in [5.74, 6) is 0. The summed E-state index contributed by atoms with van der Waals surface area (Å²) < 4.78 is 0. The molecule has 0 atom stereocenters. The van der Waals surface area contributed by atoms with Gasteiger partial charge in [-0.2, -0.15) is 0 Å². The molecule has 2 heteroatoms. The number of fused-ring (bicyclic) bond motifs is 1. The molecule has 0 saturated heterocycles. The van der Waals surface area contributed by atoms with Crippen LogP contribution in [0.3, 0.4) is 0 Å². The van der Waals surface area contributed by atoms with Gasteiger partial charge in [0.05, 0.1) is 22.4 Å². The summed E-state index contributed by atoms with van der Waals surface area (Å²) in [6.07, 6.45) is 14.1. The maximum atomic E-state index is 4.86. The minimum absolute atomic E-state index is 0.995. The Labute approximate surface area is 134 Å². The van der Waals surface area contributed by atoms with E-state index in [1.807, 2.05) is 18.2 Å². The van der Waals surface area contributed by atoms with E-state index in [-0.39, 0.29) is 0 Å². The molecule has 2 aromatic rings. The van der Waals surface area contributed by atoms with E-state index < -0.39 is 0 Å². The quantitative estimate of drug-likeness (QED) is 0.534. The number of benzene rings is 1. The smallest absolute Gasteiger partial charge is 0.0894 e. The average Bonchev–Trinajstić information content (AvgIpc) is 2.55. The second kappa shape index (κ2) is 9.34. The molecular formula is C20H28N2. The third-order valence-electron chi connectivity index (χ3n) is 3.94. The molecule has 2 rings (SSSR count). The first-order valence-electron chi connectivity index (χ1n) is 8.77. The Morgan fingerprint density at radius 2 is 1.59 bits per heavy atom. The molecule has 0 unspecified atom stereocenters. The van der Waals surface area contributed by atoms with Crippen LogP contribution in [0.5, 0.6) is 0 Å². The molecule has 0 aliphatic rings. The Balaban J connectivity index is 2.18. The van der Waals surface area contributed by atoms with Crippen LogP contribution in [0.15, 0.2) is 30.3 Å². The molecule has 1 aromatic carbocycles. The summed E-state index contributed by atoms with van der Waals surface area (Å²) in [6, 6.07) is 8.17. The van der Waals surface area contributed by atoms with E-state index in [0.717, 1.165) is 35.3 Å². The number of para-hydroxylation sites is 2. The van der Waals surface area contributed by atoms with Crippen LogP contribution in [0.2, 0.25) is 0 Å². The lowest BCUT2D eigenvalue weighted by Gasteiger charge is -2.07. The third kappa shape index (κ3) is 4.94. The van der Waals surface area contributed by atoms with E-state index in [9.17, 15) is 0 Å². The van der Waals surface area contributed by atoms with Gasteiger partial charge in [-0.3, -0.25) is 0 Å². The van der Waals surface area contributed by atoms with Crippen LogP contribution in [0, 0.1) is 0 Å². The third-order valence-corrected chi connectivity index (χ3v) is 3.94. The fourth-order valence-electron chi connectivity index (χ4n) is 2.60. The minimum Gasteiger partial charge on any atom is -0.249 e.